The molecule has 0 heterocycles. The van der Waals surface area contributed by atoms with Gasteiger partial charge in [0, 0.05) is 31.1 Å². The SMILES string of the molecule is CCCNC(=O)CCN=C(NCC)NCCc1ccc(OC)cc1Cl. The third kappa shape index (κ3) is 8.63. The molecule has 1 aromatic carbocycles. The number of aliphatic imine (C=N–C) groups is 1. The van der Waals surface area contributed by atoms with Crippen LogP contribution in [0.15, 0.2) is 23.2 Å². The Morgan fingerprint density at radius 3 is 2.64 bits per heavy atom. The molecule has 0 aromatic heterocycles. The van der Waals surface area contributed by atoms with E-state index in [2.05, 4.69) is 20.9 Å². The molecule has 0 saturated heterocycles. The first kappa shape index (κ1) is 21.1. The molecular weight excluding hydrogens is 340 g/mol. The minimum atomic E-state index is 0.0338. The van der Waals surface area contributed by atoms with Gasteiger partial charge in [-0.15, -0.1) is 0 Å². The van der Waals surface area contributed by atoms with E-state index in [1.807, 2.05) is 32.0 Å². The molecule has 1 rings (SSSR count). The zero-order valence-corrected chi connectivity index (χ0v) is 16.1. The minimum absolute atomic E-state index is 0.0338. The monoisotopic (exact) mass is 368 g/mol. The van der Waals surface area contributed by atoms with Crippen molar-refractivity contribution in [2.45, 2.75) is 33.1 Å². The molecule has 0 saturated carbocycles. The topological polar surface area (TPSA) is 74.8 Å². The summed E-state index contributed by atoms with van der Waals surface area (Å²) in [6.45, 7) is 6.65. The van der Waals surface area contributed by atoms with Crippen LogP contribution in [-0.4, -0.2) is 45.2 Å². The normalized spacial score (nSPS) is 11.1. The smallest absolute Gasteiger partial charge is 0.221 e. The summed E-state index contributed by atoms with van der Waals surface area (Å²) in [6, 6.07) is 5.67. The number of hydrogen-bond donors (Lipinski definition) is 3. The van der Waals surface area contributed by atoms with Crippen molar-refractivity contribution in [3.63, 3.8) is 0 Å². The van der Waals surface area contributed by atoms with Crippen LogP contribution in [0.4, 0.5) is 0 Å². The quantitative estimate of drug-likeness (QED) is 0.438. The molecule has 140 valence electrons. The summed E-state index contributed by atoms with van der Waals surface area (Å²) in [5.41, 5.74) is 1.05. The molecule has 3 N–H and O–H groups in total. The van der Waals surface area contributed by atoms with Crippen molar-refractivity contribution >= 4 is 23.5 Å². The highest BCUT2D eigenvalue weighted by atomic mass is 35.5. The zero-order chi connectivity index (χ0) is 18.5. The van der Waals surface area contributed by atoms with Crippen LogP contribution in [0, 0.1) is 0 Å². The third-order valence-corrected chi connectivity index (χ3v) is 3.82. The molecule has 6 nitrogen and oxygen atoms in total. The first-order valence-electron chi connectivity index (χ1n) is 8.72. The predicted octanol–water partition coefficient (Wildman–Crippen LogP) is 2.36. The molecule has 0 aliphatic heterocycles. The summed E-state index contributed by atoms with van der Waals surface area (Å²) in [4.78, 5) is 16.0. The van der Waals surface area contributed by atoms with Crippen LogP contribution in [0.1, 0.15) is 32.3 Å². The van der Waals surface area contributed by atoms with E-state index < -0.39 is 0 Å². The number of carbonyl (C=O) groups is 1. The number of hydrogen-bond acceptors (Lipinski definition) is 3. The van der Waals surface area contributed by atoms with E-state index >= 15 is 0 Å². The van der Waals surface area contributed by atoms with Gasteiger partial charge in [0.25, 0.3) is 0 Å². The molecule has 0 spiro atoms. The lowest BCUT2D eigenvalue weighted by Crippen LogP contribution is -2.38. The summed E-state index contributed by atoms with van der Waals surface area (Å²) in [5.74, 6) is 1.49. The molecule has 0 fully saturated rings. The molecule has 0 aliphatic rings. The van der Waals surface area contributed by atoms with E-state index in [4.69, 9.17) is 16.3 Å². The molecule has 0 bridgehead atoms. The fourth-order valence-corrected chi connectivity index (χ4v) is 2.40. The number of amides is 1. The lowest BCUT2D eigenvalue weighted by Gasteiger charge is -2.12. The number of nitrogens with zero attached hydrogens (tertiary/aromatic N) is 1. The van der Waals surface area contributed by atoms with E-state index in [1.165, 1.54) is 0 Å². The van der Waals surface area contributed by atoms with Gasteiger partial charge >= 0.3 is 0 Å². The van der Waals surface area contributed by atoms with Gasteiger partial charge in [0.05, 0.1) is 13.7 Å². The summed E-state index contributed by atoms with van der Waals surface area (Å²) in [6.07, 6.45) is 2.10. The Labute approximate surface area is 155 Å². The van der Waals surface area contributed by atoms with Gasteiger partial charge < -0.3 is 20.7 Å². The second kappa shape index (κ2) is 12.4. The molecule has 7 heteroatoms. The highest BCUT2D eigenvalue weighted by molar-refractivity contribution is 6.31. The van der Waals surface area contributed by atoms with Gasteiger partial charge in [-0.2, -0.15) is 0 Å². The van der Waals surface area contributed by atoms with Gasteiger partial charge in [-0.05, 0) is 37.5 Å². The Kier molecular flexibility index (Phi) is 10.5. The van der Waals surface area contributed by atoms with Gasteiger partial charge in [0.15, 0.2) is 5.96 Å². The van der Waals surface area contributed by atoms with Crippen LogP contribution >= 0.6 is 11.6 Å². The molecule has 1 aromatic rings. The Balaban J connectivity index is 2.44. The van der Waals surface area contributed by atoms with Crippen molar-refractivity contribution in [3.8, 4) is 5.75 Å². The van der Waals surface area contributed by atoms with Gasteiger partial charge in [-0.1, -0.05) is 24.6 Å². The average Bonchev–Trinajstić information content (AvgIpc) is 2.61. The Morgan fingerprint density at radius 2 is 2.00 bits per heavy atom. The lowest BCUT2D eigenvalue weighted by atomic mass is 10.1. The van der Waals surface area contributed by atoms with Crippen molar-refractivity contribution in [1.29, 1.82) is 0 Å². The van der Waals surface area contributed by atoms with Crippen LogP contribution in [0.5, 0.6) is 5.75 Å². The van der Waals surface area contributed by atoms with E-state index in [0.29, 0.717) is 37.0 Å². The van der Waals surface area contributed by atoms with Gasteiger partial charge in [-0.3, -0.25) is 9.79 Å². The Morgan fingerprint density at radius 1 is 1.20 bits per heavy atom. The second-order valence-electron chi connectivity index (χ2n) is 5.49. The number of nitrogens with one attached hydrogen (secondary N) is 3. The molecule has 25 heavy (non-hydrogen) atoms. The van der Waals surface area contributed by atoms with Crippen LogP contribution in [0.25, 0.3) is 0 Å². The van der Waals surface area contributed by atoms with E-state index in [9.17, 15) is 4.79 Å². The number of guanidine groups is 1. The van der Waals surface area contributed by atoms with Crippen molar-refractivity contribution in [1.82, 2.24) is 16.0 Å². The van der Waals surface area contributed by atoms with Crippen molar-refractivity contribution in [2.75, 3.05) is 33.3 Å². The van der Waals surface area contributed by atoms with Gasteiger partial charge in [0.2, 0.25) is 5.91 Å². The van der Waals surface area contributed by atoms with Crippen LogP contribution < -0.4 is 20.7 Å². The van der Waals surface area contributed by atoms with Crippen molar-refractivity contribution in [3.05, 3.63) is 28.8 Å². The second-order valence-corrected chi connectivity index (χ2v) is 5.90. The van der Waals surface area contributed by atoms with Crippen molar-refractivity contribution in [2.24, 2.45) is 4.99 Å². The largest absolute Gasteiger partial charge is 0.497 e. The van der Waals surface area contributed by atoms with Crippen LogP contribution in [-0.2, 0) is 11.2 Å². The van der Waals surface area contributed by atoms with Gasteiger partial charge in [0.1, 0.15) is 5.75 Å². The summed E-state index contributed by atoms with van der Waals surface area (Å²) >= 11 is 6.25. The summed E-state index contributed by atoms with van der Waals surface area (Å²) in [7, 11) is 1.62. The highest BCUT2D eigenvalue weighted by Crippen LogP contribution is 2.22. The van der Waals surface area contributed by atoms with E-state index in [0.717, 1.165) is 30.7 Å². The van der Waals surface area contributed by atoms with Gasteiger partial charge in [-0.25, -0.2) is 0 Å². The van der Waals surface area contributed by atoms with E-state index in [-0.39, 0.29) is 5.91 Å². The van der Waals surface area contributed by atoms with E-state index in [1.54, 1.807) is 7.11 Å². The fourth-order valence-electron chi connectivity index (χ4n) is 2.14. The predicted molar refractivity (Wildman–Crippen MR) is 104 cm³/mol. The first-order valence-corrected chi connectivity index (χ1v) is 9.09. The zero-order valence-electron chi connectivity index (χ0n) is 15.3. The molecule has 0 aliphatic carbocycles. The molecule has 1 amide bonds. The molecule has 0 radical (unpaired) electrons. The Hall–Kier alpha value is -1.95. The highest BCUT2D eigenvalue weighted by Gasteiger charge is 2.04. The number of methoxy groups -OCH3 is 1. The maximum Gasteiger partial charge on any atom is 0.221 e. The number of rotatable bonds is 10. The molecule has 0 unspecified atom stereocenters. The number of carbonyl (C=O) groups excluding carboxylic acids is 1. The number of benzene rings is 1. The van der Waals surface area contributed by atoms with Crippen LogP contribution in [0.2, 0.25) is 5.02 Å². The first-order chi connectivity index (χ1) is 12.1. The maximum atomic E-state index is 11.6. The summed E-state index contributed by atoms with van der Waals surface area (Å²) in [5, 5.41) is 9.97. The standard InChI is InChI=1S/C18H29ClN4O2/c1-4-10-21-17(24)9-12-23-18(20-5-2)22-11-8-14-6-7-15(25-3)13-16(14)19/h6-7,13H,4-5,8-12H2,1-3H3,(H,21,24)(H2,20,22,23). The number of ether oxygens (including phenoxy) is 1. The maximum absolute atomic E-state index is 11.6. The number of halogens is 1. The van der Waals surface area contributed by atoms with Crippen molar-refractivity contribution < 1.29 is 9.53 Å². The third-order valence-electron chi connectivity index (χ3n) is 3.47. The molecule has 0 atom stereocenters. The Bertz CT molecular complexity index is 564. The minimum Gasteiger partial charge on any atom is -0.497 e. The average molecular weight is 369 g/mol. The van der Waals surface area contributed by atoms with Crippen LogP contribution in [0.3, 0.4) is 0 Å². The lowest BCUT2D eigenvalue weighted by molar-refractivity contribution is -0.120. The fraction of sp³-hybridized carbons (Fsp3) is 0.556. The summed E-state index contributed by atoms with van der Waals surface area (Å²) < 4.78 is 5.15. The molecular formula is C18H29ClN4O2.